The molecule has 1 rings (SSSR count). The Kier molecular flexibility index (Phi) is 6.35. The van der Waals surface area contributed by atoms with Crippen molar-refractivity contribution in [3.05, 3.63) is 35.6 Å². The molecule has 1 aromatic rings. The van der Waals surface area contributed by atoms with Gasteiger partial charge in [-0.1, -0.05) is 19.1 Å². The number of rotatable bonds is 7. The standard InChI is InChI=1S/C15H20FN/c1-3-5-6-7-12-17-15(4-2)13-8-10-14(16)11-9-13/h1,8-11,15,17H,4-7,12H2,2H3. The first-order chi connectivity index (χ1) is 8.27. The molecule has 0 saturated heterocycles. The summed E-state index contributed by atoms with van der Waals surface area (Å²) < 4.78 is 12.8. The van der Waals surface area contributed by atoms with Crippen molar-refractivity contribution in [2.24, 2.45) is 0 Å². The summed E-state index contributed by atoms with van der Waals surface area (Å²) in [6, 6.07) is 7.02. The van der Waals surface area contributed by atoms with Crippen LogP contribution < -0.4 is 5.32 Å². The fourth-order valence-electron chi connectivity index (χ4n) is 1.82. The maximum absolute atomic E-state index is 12.8. The molecule has 92 valence electrons. The first-order valence-corrected chi connectivity index (χ1v) is 6.20. The molecular weight excluding hydrogens is 213 g/mol. The van der Waals surface area contributed by atoms with Crippen molar-refractivity contribution in [3.63, 3.8) is 0 Å². The van der Waals surface area contributed by atoms with Crippen LogP contribution in [0.1, 0.15) is 44.2 Å². The molecule has 0 spiro atoms. The second-order valence-electron chi connectivity index (χ2n) is 4.13. The van der Waals surface area contributed by atoms with Gasteiger partial charge in [-0.15, -0.1) is 12.3 Å². The summed E-state index contributed by atoms with van der Waals surface area (Å²) >= 11 is 0. The van der Waals surface area contributed by atoms with Crippen molar-refractivity contribution in [2.45, 2.75) is 38.6 Å². The maximum Gasteiger partial charge on any atom is 0.123 e. The van der Waals surface area contributed by atoms with Crippen molar-refractivity contribution in [1.82, 2.24) is 5.32 Å². The predicted octanol–water partition coefficient (Wildman–Crippen LogP) is 3.67. The van der Waals surface area contributed by atoms with Gasteiger partial charge in [-0.05, 0) is 43.5 Å². The molecule has 1 atom stereocenters. The summed E-state index contributed by atoms with van der Waals surface area (Å²) in [5.41, 5.74) is 1.14. The van der Waals surface area contributed by atoms with E-state index in [9.17, 15) is 4.39 Å². The molecule has 0 aliphatic heterocycles. The summed E-state index contributed by atoms with van der Waals surface area (Å²) in [4.78, 5) is 0. The van der Waals surface area contributed by atoms with Crippen LogP contribution >= 0.6 is 0 Å². The molecule has 0 fully saturated rings. The SMILES string of the molecule is C#CCCCCNC(CC)c1ccc(F)cc1. The Morgan fingerprint density at radius 1 is 1.29 bits per heavy atom. The average molecular weight is 233 g/mol. The van der Waals surface area contributed by atoms with E-state index in [2.05, 4.69) is 18.2 Å². The zero-order chi connectivity index (χ0) is 12.5. The lowest BCUT2D eigenvalue weighted by atomic mass is 10.0. The van der Waals surface area contributed by atoms with Gasteiger partial charge in [-0.2, -0.15) is 0 Å². The summed E-state index contributed by atoms with van der Waals surface area (Å²) in [6.45, 7) is 3.08. The van der Waals surface area contributed by atoms with Crippen LogP contribution in [-0.4, -0.2) is 6.54 Å². The second-order valence-corrected chi connectivity index (χ2v) is 4.13. The molecule has 0 saturated carbocycles. The molecule has 0 amide bonds. The molecule has 0 aromatic heterocycles. The van der Waals surface area contributed by atoms with E-state index in [1.807, 2.05) is 12.1 Å². The highest BCUT2D eigenvalue weighted by Gasteiger charge is 2.07. The van der Waals surface area contributed by atoms with Gasteiger partial charge in [0.1, 0.15) is 5.82 Å². The van der Waals surface area contributed by atoms with E-state index in [1.54, 1.807) is 0 Å². The summed E-state index contributed by atoms with van der Waals surface area (Å²) in [7, 11) is 0. The van der Waals surface area contributed by atoms with Crippen LogP contribution in [0.5, 0.6) is 0 Å². The van der Waals surface area contributed by atoms with Gasteiger partial charge >= 0.3 is 0 Å². The molecule has 0 bridgehead atoms. The molecule has 0 heterocycles. The molecule has 1 unspecified atom stereocenters. The third kappa shape index (κ3) is 5.01. The van der Waals surface area contributed by atoms with Crippen molar-refractivity contribution in [3.8, 4) is 12.3 Å². The summed E-state index contributed by atoms with van der Waals surface area (Å²) in [6.07, 6.45) is 9.18. The van der Waals surface area contributed by atoms with Gasteiger partial charge < -0.3 is 5.32 Å². The van der Waals surface area contributed by atoms with Gasteiger partial charge in [0.15, 0.2) is 0 Å². The topological polar surface area (TPSA) is 12.0 Å². The molecule has 1 aromatic carbocycles. The first kappa shape index (κ1) is 13.7. The number of benzene rings is 1. The van der Waals surface area contributed by atoms with Gasteiger partial charge in [-0.3, -0.25) is 0 Å². The Morgan fingerprint density at radius 3 is 2.59 bits per heavy atom. The predicted molar refractivity (Wildman–Crippen MR) is 70.1 cm³/mol. The average Bonchev–Trinajstić information content (AvgIpc) is 2.35. The third-order valence-corrected chi connectivity index (χ3v) is 2.82. The molecule has 0 aliphatic carbocycles. The van der Waals surface area contributed by atoms with E-state index in [0.717, 1.165) is 37.8 Å². The van der Waals surface area contributed by atoms with Gasteiger partial charge in [0, 0.05) is 12.5 Å². The van der Waals surface area contributed by atoms with E-state index < -0.39 is 0 Å². The van der Waals surface area contributed by atoms with Crippen molar-refractivity contribution >= 4 is 0 Å². The van der Waals surface area contributed by atoms with Crippen LogP contribution in [0.4, 0.5) is 4.39 Å². The van der Waals surface area contributed by atoms with Crippen LogP contribution in [0, 0.1) is 18.2 Å². The highest BCUT2D eigenvalue weighted by Crippen LogP contribution is 2.16. The smallest absolute Gasteiger partial charge is 0.123 e. The quantitative estimate of drug-likeness (QED) is 0.559. The summed E-state index contributed by atoms with van der Waals surface area (Å²) in [5.74, 6) is 2.46. The number of halogens is 1. The van der Waals surface area contributed by atoms with E-state index in [-0.39, 0.29) is 5.82 Å². The van der Waals surface area contributed by atoms with Crippen molar-refractivity contribution in [1.29, 1.82) is 0 Å². The number of hydrogen-bond acceptors (Lipinski definition) is 1. The monoisotopic (exact) mass is 233 g/mol. The molecule has 2 heteroatoms. The van der Waals surface area contributed by atoms with Crippen LogP contribution in [0.15, 0.2) is 24.3 Å². The minimum absolute atomic E-state index is 0.183. The van der Waals surface area contributed by atoms with E-state index in [0.29, 0.717) is 6.04 Å². The van der Waals surface area contributed by atoms with E-state index in [4.69, 9.17) is 6.42 Å². The lowest BCUT2D eigenvalue weighted by molar-refractivity contribution is 0.503. The minimum atomic E-state index is -0.183. The molecule has 0 radical (unpaired) electrons. The Hall–Kier alpha value is -1.33. The Labute approximate surface area is 103 Å². The molecule has 1 N–H and O–H groups in total. The van der Waals surface area contributed by atoms with Crippen LogP contribution in [0.2, 0.25) is 0 Å². The van der Waals surface area contributed by atoms with E-state index in [1.165, 1.54) is 12.1 Å². The maximum atomic E-state index is 12.8. The summed E-state index contributed by atoms with van der Waals surface area (Å²) in [5, 5.41) is 3.47. The Morgan fingerprint density at radius 2 is 2.00 bits per heavy atom. The van der Waals surface area contributed by atoms with Gasteiger partial charge in [-0.25, -0.2) is 4.39 Å². The Balaban J connectivity index is 2.38. The van der Waals surface area contributed by atoms with Crippen LogP contribution in [-0.2, 0) is 0 Å². The highest BCUT2D eigenvalue weighted by atomic mass is 19.1. The second kappa shape index (κ2) is 7.86. The Bertz CT molecular complexity index is 350. The van der Waals surface area contributed by atoms with Crippen molar-refractivity contribution < 1.29 is 4.39 Å². The fraction of sp³-hybridized carbons (Fsp3) is 0.467. The molecule has 17 heavy (non-hydrogen) atoms. The zero-order valence-corrected chi connectivity index (χ0v) is 10.4. The minimum Gasteiger partial charge on any atom is -0.310 e. The molecule has 1 nitrogen and oxygen atoms in total. The third-order valence-electron chi connectivity index (χ3n) is 2.82. The van der Waals surface area contributed by atoms with Gasteiger partial charge in [0.25, 0.3) is 0 Å². The van der Waals surface area contributed by atoms with Crippen LogP contribution in [0.25, 0.3) is 0 Å². The van der Waals surface area contributed by atoms with E-state index >= 15 is 0 Å². The largest absolute Gasteiger partial charge is 0.310 e. The number of nitrogens with one attached hydrogen (secondary N) is 1. The number of terminal acetylenes is 1. The lowest BCUT2D eigenvalue weighted by Gasteiger charge is -2.17. The fourth-order valence-corrected chi connectivity index (χ4v) is 1.82. The molecule has 0 aliphatic rings. The normalized spacial score (nSPS) is 12.1. The van der Waals surface area contributed by atoms with Crippen LogP contribution in [0.3, 0.4) is 0 Å². The van der Waals surface area contributed by atoms with Gasteiger partial charge in [0.2, 0.25) is 0 Å². The zero-order valence-electron chi connectivity index (χ0n) is 10.4. The number of hydrogen-bond donors (Lipinski definition) is 1. The lowest BCUT2D eigenvalue weighted by Crippen LogP contribution is -2.21. The highest BCUT2D eigenvalue weighted by molar-refractivity contribution is 5.19. The number of unbranched alkanes of at least 4 members (excludes halogenated alkanes) is 2. The van der Waals surface area contributed by atoms with Gasteiger partial charge in [0.05, 0.1) is 0 Å². The van der Waals surface area contributed by atoms with Crippen molar-refractivity contribution in [2.75, 3.05) is 6.54 Å². The molecular formula is C15H20FN. The first-order valence-electron chi connectivity index (χ1n) is 6.20.